The average molecular weight is 427 g/mol. The van der Waals surface area contributed by atoms with Crippen molar-refractivity contribution in [2.75, 3.05) is 26.8 Å². The van der Waals surface area contributed by atoms with Crippen LogP contribution in [-0.4, -0.2) is 70.2 Å². The molecule has 4 N–H and O–H groups in total. The number of aliphatic hydroxyl groups is 3. The quantitative estimate of drug-likeness (QED) is 0.383. The van der Waals surface area contributed by atoms with E-state index in [1.807, 2.05) is 19.2 Å². The molecule has 0 bridgehead atoms. The van der Waals surface area contributed by atoms with Gasteiger partial charge in [0.15, 0.2) is 11.5 Å². The molecule has 160 valence electrons. The van der Waals surface area contributed by atoms with Crippen molar-refractivity contribution in [3.05, 3.63) is 35.4 Å². The van der Waals surface area contributed by atoms with Gasteiger partial charge in [0.2, 0.25) is 0 Å². The summed E-state index contributed by atoms with van der Waals surface area (Å²) in [6.07, 6.45) is 2.79. The first-order valence-electron chi connectivity index (χ1n) is 9.59. The van der Waals surface area contributed by atoms with Crippen molar-refractivity contribution in [1.82, 2.24) is 4.90 Å². The van der Waals surface area contributed by atoms with E-state index in [1.165, 1.54) is 0 Å². The number of aliphatic hydroxyl groups excluding tert-OH is 3. The second-order valence-electron chi connectivity index (χ2n) is 7.92. The van der Waals surface area contributed by atoms with Crippen LogP contribution in [0.2, 0.25) is 0 Å². The Hall–Kier alpha value is -1.45. The molecule has 0 fully saturated rings. The highest BCUT2D eigenvalue weighted by Gasteiger charge is 2.53. The summed E-state index contributed by atoms with van der Waals surface area (Å²) in [4.78, 5) is 12.3. The normalized spacial score (nSPS) is 31.2. The molecule has 0 amide bonds. The third kappa shape index (κ3) is 3.84. The van der Waals surface area contributed by atoms with Crippen molar-refractivity contribution >= 4 is 7.82 Å². The molecule has 29 heavy (non-hydrogen) atoms. The Morgan fingerprint density at radius 2 is 2.24 bits per heavy atom. The van der Waals surface area contributed by atoms with Crippen molar-refractivity contribution in [2.45, 2.75) is 43.1 Å². The van der Waals surface area contributed by atoms with Gasteiger partial charge in [-0.2, -0.15) is 0 Å². The van der Waals surface area contributed by atoms with E-state index >= 15 is 0 Å². The fourth-order valence-corrected chi connectivity index (χ4v) is 5.18. The van der Waals surface area contributed by atoms with E-state index in [1.54, 1.807) is 12.1 Å². The number of ether oxygens (including phenoxy) is 1. The second kappa shape index (κ2) is 7.67. The molecule has 3 unspecified atom stereocenters. The Labute approximate surface area is 168 Å². The predicted octanol–water partition coefficient (Wildman–Crippen LogP) is 0.691. The first kappa shape index (κ1) is 20.8. The zero-order valence-electron chi connectivity index (χ0n) is 16.1. The minimum atomic E-state index is -4.55. The fraction of sp³-hybridized carbons (Fsp3) is 0.579. The van der Waals surface area contributed by atoms with E-state index < -0.39 is 38.7 Å². The van der Waals surface area contributed by atoms with Gasteiger partial charge < -0.3 is 29.5 Å². The number of phosphoric ester groups is 1. The largest absolute Gasteiger partial charge is 0.527 e. The van der Waals surface area contributed by atoms with Gasteiger partial charge in [-0.3, -0.25) is 9.42 Å². The molecule has 2 heterocycles. The van der Waals surface area contributed by atoms with E-state index in [9.17, 15) is 19.7 Å². The van der Waals surface area contributed by atoms with Gasteiger partial charge in [-0.1, -0.05) is 18.2 Å². The van der Waals surface area contributed by atoms with Crippen LogP contribution in [0.3, 0.4) is 0 Å². The van der Waals surface area contributed by atoms with Crippen molar-refractivity contribution in [3.63, 3.8) is 0 Å². The van der Waals surface area contributed by atoms with Crippen LogP contribution in [-0.2, 0) is 21.0 Å². The molecule has 1 aromatic rings. The van der Waals surface area contributed by atoms with Crippen molar-refractivity contribution in [1.29, 1.82) is 0 Å². The maximum atomic E-state index is 12.3. The van der Waals surface area contributed by atoms with Crippen molar-refractivity contribution < 1.29 is 38.6 Å². The third-order valence-electron chi connectivity index (χ3n) is 5.78. The van der Waals surface area contributed by atoms with Crippen LogP contribution < -0.4 is 9.26 Å². The summed E-state index contributed by atoms with van der Waals surface area (Å²) < 4.78 is 28.6. The number of benzene rings is 1. The molecule has 0 saturated heterocycles. The number of phosphoric acid groups is 1. The van der Waals surface area contributed by atoms with Crippen LogP contribution in [0.15, 0.2) is 24.3 Å². The maximum Gasteiger partial charge on any atom is 0.527 e. The van der Waals surface area contributed by atoms with Crippen molar-refractivity contribution in [3.8, 4) is 11.5 Å². The highest BCUT2D eigenvalue weighted by molar-refractivity contribution is 7.47. The molecule has 0 radical (unpaired) electrons. The predicted molar refractivity (Wildman–Crippen MR) is 103 cm³/mol. The molecule has 0 aromatic heterocycles. The standard InChI is InChI=1S/C19H26NO8P/c1-20-7-6-19-5-4-13(22)8-16(19)27-18-15(3-2-12(9-20)17(18)19)28-29(24,25)26-11-14(23)10-21/h2-5,13-14,16,21-23H,6-11H2,1H3,(H,24,25)/t13-,14?,16-,19?/m0/s1. The maximum absolute atomic E-state index is 12.3. The Morgan fingerprint density at radius 1 is 1.45 bits per heavy atom. The fourth-order valence-electron chi connectivity index (χ4n) is 4.37. The molecule has 1 aromatic carbocycles. The smallest absolute Gasteiger partial charge is 0.485 e. The summed E-state index contributed by atoms with van der Waals surface area (Å²) in [7, 11) is -2.51. The van der Waals surface area contributed by atoms with E-state index in [2.05, 4.69) is 4.90 Å². The van der Waals surface area contributed by atoms with Crippen LogP contribution in [0.1, 0.15) is 24.0 Å². The van der Waals surface area contributed by atoms with Gasteiger partial charge in [0, 0.05) is 18.5 Å². The lowest BCUT2D eigenvalue weighted by Crippen LogP contribution is -2.42. The molecule has 2 aliphatic heterocycles. The van der Waals surface area contributed by atoms with Gasteiger partial charge in [0.1, 0.15) is 12.2 Å². The zero-order valence-corrected chi connectivity index (χ0v) is 17.0. The van der Waals surface area contributed by atoms with Gasteiger partial charge in [-0.25, -0.2) is 4.57 Å². The minimum absolute atomic E-state index is 0.0780. The van der Waals surface area contributed by atoms with Gasteiger partial charge in [0.05, 0.1) is 24.7 Å². The third-order valence-corrected chi connectivity index (χ3v) is 6.68. The molecule has 5 atom stereocenters. The first-order chi connectivity index (χ1) is 13.7. The van der Waals surface area contributed by atoms with Crippen LogP contribution in [0.5, 0.6) is 11.5 Å². The topological polar surface area (TPSA) is 129 Å². The Morgan fingerprint density at radius 3 is 3.00 bits per heavy atom. The molecule has 10 heteroatoms. The van der Waals surface area contributed by atoms with Gasteiger partial charge in [-0.05, 0) is 31.6 Å². The molecule has 9 nitrogen and oxygen atoms in total. The Bertz CT molecular complexity index is 861. The Kier molecular flexibility index (Phi) is 5.50. The summed E-state index contributed by atoms with van der Waals surface area (Å²) in [5.74, 6) is 0.469. The number of nitrogens with zero attached hydrogens (tertiary/aromatic N) is 1. The summed E-state index contributed by atoms with van der Waals surface area (Å²) in [6.45, 7) is 0.398. The SMILES string of the molecule is CN1CCC23C=C[C@H](O)C[C@@H]2Oc2c(OP(=O)(O)OCC(O)CO)ccc(c23)C1. The lowest BCUT2D eigenvalue weighted by atomic mass is 9.69. The van der Waals surface area contributed by atoms with Crippen LogP contribution in [0.4, 0.5) is 0 Å². The molecule has 0 saturated carbocycles. The lowest BCUT2D eigenvalue weighted by Gasteiger charge is -2.35. The van der Waals surface area contributed by atoms with Gasteiger partial charge >= 0.3 is 7.82 Å². The van der Waals surface area contributed by atoms with Gasteiger partial charge in [-0.15, -0.1) is 0 Å². The van der Waals surface area contributed by atoms with Crippen LogP contribution in [0, 0.1) is 0 Å². The van der Waals surface area contributed by atoms with E-state index in [0.717, 1.165) is 24.1 Å². The second-order valence-corrected chi connectivity index (χ2v) is 9.29. The number of rotatable bonds is 6. The summed E-state index contributed by atoms with van der Waals surface area (Å²) in [5, 5.41) is 28.3. The van der Waals surface area contributed by atoms with E-state index in [-0.39, 0.29) is 11.9 Å². The molecular weight excluding hydrogens is 401 g/mol. The highest BCUT2D eigenvalue weighted by Crippen LogP contribution is 2.58. The summed E-state index contributed by atoms with van der Waals surface area (Å²) >= 11 is 0. The number of hydrogen-bond donors (Lipinski definition) is 4. The van der Waals surface area contributed by atoms with Gasteiger partial charge in [0.25, 0.3) is 0 Å². The summed E-state index contributed by atoms with van der Waals surface area (Å²) in [5.41, 5.74) is 1.53. The molecule has 3 aliphatic rings. The first-order valence-corrected chi connectivity index (χ1v) is 11.1. The molecular formula is C19H26NO8P. The molecule has 1 spiro atoms. The molecule has 4 rings (SSSR count). The molecule has 1 aliphatic carbocycles. The van der Waals surface area contributed by atoms with Crippen LogP contribution >= 0.6 is 7.82 Å². The lowest BCUT2D eigenvalue weighted by molar-refractivity contribution is 0.0426. The van der Waals surface area contributed by atoms with Crippen LogP contribution in [0.25, 0.3) is 0 Å². The Balaban J connectivity index is 1.70. The zero-order chi connectivity index (χ0) is 20.8. The minimum Gasteiger partial charge on any atom is -0.485 e. The van der Waals surface area contributed by atoms with E-state index in [4.69, 9.17) is 18.9 Å². The van der Waals surface area contributed by atoms with E-state index in [0.29, 0.717) is 18.7 Å². The summed E-state index contributed by atoms with van der Waals surface area (Å²) in [6, 6.07) is 3.43. The monoisotopic (exact) mass is 427 g/mol. The number of hydrogen-bond acceptors (Lipinski definition) is 8. The average Bonchev–Trinajstić information content (AvgIpc) is 2.93. The highest BCUT2D eigenvalue weighted by atomic mass is 31.2. The van der Waals surface area contributed by atoms with Crippen molar-refractivity contribution in [2.24, 2.45) is 0 Å².